The van der Waals surface area contributed by atoms with Crippen LogP contribution in [0.25, 0.3) is 27.9 Å². The molecule has 12 heteroatoms. The minimum Gasteiger partial charge on any atom is -0.354 e. The van der Waals surface area contributed by atoms with Gasteiger partial charge in [-0.05, 0) is 79.4 Å². The zero-order valence-electron chi connectivity index (χ0n) is 29.2. The van der Waals surface area contributed by atoms with Gasteiger partial charge < -0.3 is 14.4 Å². The summed E-state index contributed by atoms with van der Waals surface area (Å²) < 4.78 is 17.9. The zero-order chi connectivity index (χ0) is 35.9. The number of nitrogens with zero attached hydrogens (tertiary/aromatic N) is 8. The number of halogens is 1. The van der Waals surface area contributed by atoms with E-state index in [1.54, 1.807) is 12.1 Å². The van der Waals surface area contributed by atoms with E-state index in [1.165, 1.54) is 6.07 Å². The predicted octanol–water partition coefficient (Wildman–Crippen LogP) is 5.38. The summed E-state index contributed by atoms with van der Waals surface area (Å²) in [5.41, 5.74) is 5.20. The van der Waals surface area contributed by atoms with Crippen LogP contribution in [0.15, 0.2) is 91.3 Å². The van der Waals surface area contributed by atoms with E-state index in [1.807, 2.05) is 76.1 Å². The number of carbonyl (C=O) groups is 2. The first-order valence-electron chi connectivity index (χ1n) is 18.2. The second kappa shape index (κ2) is 13.8. The van der Waals surface area contributed by atoms with Gasteiger partial charge in [0.25, 0.3) is 0 Å². The van der Waals surface area contributed by atoms with Crippen LogP contribution in [-0.2, 0) is 9.59 Å². The van der Waals surface area contributed by atoms with E-state index in [0.717, 1.165) is 96.3 Å². The van der Waals surface area contributed by atoms with Crippen molar-refractivity contribution in [3.05, 3.63) is 108 Å². The summed E-state index contributed by atoms with van der Waals surface area (Å²) in [5.74, 6) is 7.80. The fourth-order valence-electron chi connectivity index (χ4n) is 7.93. The average molecular weight is 708 g/mol. The molecule has 11 nitrogen and oxygen atoms in total. The number of imidazole rings is 1. The average Bonchev–Trinajstić information content (AvgIpc) is 3.94. The first kappa shape index (κ1) is 32.8. The van der Waals surface area contributed by atoms with Crippen molar-refractivity contribution in [2.45, 2.75) is 37.8 Å². The van der Waals surface area contributed by atoms with Crippen LogP contribution in [-0.4, -0.2) is 80.1 Å². The van der Waals surface area contributed by atoms with E-state index in [4.69, 9.17) is 10.1 Å². The van der Waals surface area contributed by atoms with Crippen molar-refractivity contribution < 1.29 is 14.0 Å². The van der Waals surface area contributed by atoms with Crippen molar-refractivity contribution in [2.24, 2.45) is 0 Å². The van der Waals surface area contributed by atoms with Crippen LogP contribution in [0.2, 0.25) is 0 Å². The number of aromatic nitrogens is 5. The van der Waals surface area contributed by atoms with Crippen LogP contribution >= 0.6 is 0 Å². The Morgan fingerprint density at radius 1 is 0.868 bits per heavy atom. The fourth-order valence-corrected chi connectivity index (χ4v) is 7.93. The highest BCUT2D eigenvalue weighted by atomic mass is 19.1. The Hall–Kier alpha value is -6.06. The maximum atomic E-state index is 14.1. The Morgan fingerprint density at radius 2 is 1.74 bits per heavy atom. The minimum absolute atomic E-state index is 0.0720. The summed E-state index contributed by atoms with van der Waals surface area (Å²) in [6.45, 7) is 4.88. The molecule has 0 bridgehead atoms. The van der Waals surface area contributed by atoms with Crippen molar-refractivity contribution >= 4 is 40.0 Å². The molecule has 4 aromatic heterocycles. The van der Waals surface area contributed by atoms with Crippen LogP contribution in [0.5, 0.6) is 0 Å². The van der Waals surface area contributed by atoms with E-state index >= 15 is 0 Å². The normalized spacial score (nSPS) is 19.5. The molecule has 2 amide bonds. The molecule has 0 radical (unpaired) electrons. The number of rotatable bonds is 6. The molecule has 2 atom stereocenters. The highest BCUT2D eigenvalue weighted by Crippen LogP contribution is 2.36. The predicted molar refractivity (Wildman–Crippen MR) is 201 cm³/mol. The first-order valence-corrected chi connectivity index (χ1v) is 18.2. The number of pyridine rings is 1. The topological polar surface area (TPSA) is 104 Å². The summed E-state index contributed by atoms with van der Waals surface area (Å²) in [4.78, 5) is 40.8. The van der Waals surface area contributed by atoms with Crippen molar-refractivity contribution in [1.29, 1.82) is 0 Å². The molecule has 3 aliphatic rings. The SMILES string of the molecule is O=C1CCC(n2ccc3c(C#CCN4CCN(c5cccc(-c6cnc7ccc(N8CCC[C@@H]8c8cccc(F)c8)nn67)n5)CC4)cccc32)C(=O)N1. The van der Waals surface area contributed by atoms with Gasteiger partial charge in [0.2, 0.25) is 11.8 Å². The number of amides is 2. The molecular formula is C41H38FN9O2. The van der Waals surface area contributed by atoms with Crippen LogP contribution < -0.4 is 15.1 Å². The van der Waals surface area contributed by atoms with E-state index < -0.39 is 6.04 Å². The summed E-state index contributed by atoms with van der Waals surface area (Å²) in [5, 5.41) is 8.48. The van der Waals surface area contributed by atoms with Crippen molar-refractivity contribution in [2.75, 3.05) is 49.1 Å². The monoisotopic (exact) mass is 707 g/mol. The summed E-state index contributed by atoms with van der Waals surface area (Å²) >= 11 is 0. The molecule has 2 aromatic carbocycles. The molecule has 3 fully saturated rings. The maximum Gasteiger partial charge on any atom is 0.249 e. The van der Waals surface area contributed by atoms with Gasteiger partial charge >= 0.3 is 0 Å². The van der Waals surface area contributed by atoms with Crippen LogP contribution in [0.4, 0.5) is 16.0 Å². The highest BCUT2D eigenvalue weighted by Gasteiger charge is 2.30. The number of piperidine rings is 1. The van der Waals surface area contributed by atoms with E-state index in [0.29, 0.717) is 19.4 Å². The number of imide groups is 1. The smallest absolute Gasteiger partial charge is 0.249 e. The molecule has 0 aliphatic carbocycles. The zero-order valence-corrected chi connectivity index (χ0v) is 29.2. The molecule has 9 rings (SSSR count). The first-order chi connectivity index (χ1) is 26.0. The maximum absolute atomic E-state index is 14.1. The van der Waals surface area contributed by atoms with Crippen LogP contribution in [0.3, 0.4) is 0 Å². The second-order valence-electron chi connectivity index (χ2n) is 13.9. The highest BCUT2D eigenvalue weighted by molar-refractivity contribution is 6.00. The van der Waals surface area contributed by atoms with Gasteiger partial charge in [-0.15, -0.1) is 5.10 Å². The Balaban J connectivity index is 0.865. The largest absolute Gasteiger partial charge is 0.354 e. The third kappa shape index (κ3) is 6.38. The number of fused-ring (bicyclic) bond motifs is 2. The van der Waals surface area contributed by atoms with Crippen molar-refractivity contribution in [3.8, 4) is 23.2 Å². The third-order valence-electron chi connectivity index (χ3n) is 10.7. The van der Waals surface area contributed by atoms with Gasteiger partial charge in [0.1, 0.15) is 29.2 Å². The molecule has 3 aliphatic heterocycles. The number of carbonyl (C=O) groups excluding carboxylic acids is 2. The van der Waals surface area contributed by atoms with Gasteiger partial charge in [-0.3, -0.25) is 19.8 Å². The van der Waals surface area contributed by atoms with Gasteiger partial charge in [0, 0.05) is 61.8 Å². The second-order valence-corrected chi connectivity index (χ2v) is 13.9. The lowest BCUT2D eigenvalue weighted by Gasteiger charge is -2.34. The van der Waals surface area contributed by atoms with Gasteiger partial charge in [0.05, 0.1) is 24.5 Å². The number of hydrogen-bond donors (Lipinski definition) is 1. The molecule has 266 valence electrons. The van der Waals surface area contributed by atoms with Crippen LogP contribution in [0.1, 0.15) is 48.9 Å². The standard InChI is InChI=1S/C41H38FN9O2/c42-30-9-1-7-29(26-30)33-12-5-20-50(33)39-16-15-37-43-27-36(51(37)46-39)32-10-3-13-38(44-32)48-24-22-47(23-25-48)19-4-8-28-6-2-11-34-31(28)18-21-49(34)35-14-17-40(52)45-41(35)53/h1-3,6-7,9-11,13,15-16,18,21,26-27,33,35H,5,12,14,17,19-20,22-25H2,(H,45,52,53)/t33-,35?/m1/s1. The van der Waals surface area contributed by atoms with E-state index in [9.17, 15) is 14.0 Å². The molecule has 6 aromatic rings. The minimum atomic E-state index is -0.397. The van der Waals surface area contributed by atoms with Gasteiger partial charge in [0.15, 0.2) is 5.65 Å². The van der Waals surface area contributed by atoms with E-state index in [-0.39, 0.29) is 23.7 Å². The van der Waals surface area contributed by atoms with E-state index in [2.05, 4.69) is 42.9 Å². The molecular weight excluding hydrogens is 670 g/mol. The lowest BCUT2D eigenvalue weighted by atomic mass is 10.0. The molecule has 3 saturated heterocycles. The molecule has 7 heterocycles. The molecule has 53 heavy (non-hydrogen) atoms. The Morgan fingerprint density at radius 3 is 2.60 bits per heavy atom. The number of benzene rings is 2. The summed E-state index contributed by atoms with van der Waals surface area (Å²) in [6.07, 6.45) is 6.54. The Labute approximate surface area is 306 Å². The van der Waals surface area contributed by atoms with Crippen molar-refractivity contribution in [1.82, 2.24) is 34.4 Å². The lowest BCUT2D eigenvalue weighted by Crippen LogP contribution is -2.46. The van der Waals surface area contributed by atoms with Crippen LogP contribution in [0, 0.1) is 17.7 Å². The number of hydrogen-bond acceptors (Lipinski definition) is 8. The Kier molecular flexibility index (Phi) is 8.56. The fraction of sp³-hybridized carbons (Fsp3) is 0.293. The number of piperazine rings is 1. The molecule has 0 saturated carbocycles. The lowest BCUT2D eigenvalue weighted by molar-refractivity contribution is -0.135. The molecule has 0 spiro atoms. The van der Waals surface area contributed by atoms with Gasteiger partial charge in [-0.2, -0.15) is 0 Å². The molecule has 1 unspecified atom stereocenters. The van der Waals surface area contributed by atoms with Crippen molar-refractivity contribution in [3.63, 3.8) is 0 Å². The quantitative estimate of drug-likeness (QED) is 0.182. The summed E-state index contributed by atoms with van der Waals surface area (Å²) in [7, 11) is 0. The van der Waals surface area contributed by atoms with Gasteiger partial charge in [-0.25, -0.2) is 18.9 Å². The third-order valence-corrected chi connectivity index (χ3v) is 10.7. The van der Waals surface area contributed by atoms with Gasteiger partial charge in [-0.1, -0.05) is 36.1 Å². The number of anilines is 2. The Bertz CT molecular complexity index is 2420. The molecule has 1 N–H and O–H groups in total. The summed E-state index contributed by atoms with van der Waals surface area (Å²) in [6, 6.07) is 24.6. The number of nitrogens with one attached hydrogen (secondary N) is 1.